The number of carbonyl (C=O) groups excluding carboxylic acids is 2. The number of fused-ring (bicyclic) bond motifs is 2. The van der Waals surface area contributed by atoms with Gasteiger partial charge in [0.1, 0.15) is 4.21 Å². The summed E-state index contributed by atoms with van der Waals surface area (Å²) in [5, 5.41) is 4.41. The Bertz CT molecular complexity index is 1320. The number of nitrogens with zero attached hydrogens (tertiary/aromatic N) is 2. The largest absolute Gasteiger partial charge is 0.318 e. The van der Waals surface area contributed by atoms with Gasteiger partial charge in [-0.25, -0.2) is 8.42 Å². The average molecular weight is 482 g/mol. The van der Waals surface area contributed by atoms with Crippen molar-refractivity contribution in [1.82, 2.24) is 0 Å². The second-order valence-electron chi connectivity index (χ2n) is 8.10. The van der Waals surface area contributed by atoms with Gasteiger partial charge in [0.25, 0.3) is 10.0 Å². The predicted octanol–water partition coefficient (Wildman–Crippen LogP) is 3.81. The van der Waals surface area contributed by atoms with E-state index < -0.39 is 21.8 Å². The third-order valence-electron chi connectivity index (χ3n) is 6.01. The first-order valence-corrected chi connectivity index (χ1v) is 13.2. The molecule has 1 N–H and O–H groups in total. The Balaban J connectivity index is 1.40. The topological polar surface area (TPSA) is 86.8 Å². The van der Waals surface area contributed by atoms with Crippen molar-refractivity contribution in [2.45, 2.75) is 29.9 Å². The molecule has 1 aromatic heterocycles. The number of benzene rings is 2. The highest BCUT2D eigenvalue weighted by Crippen LogP contribution is 2.35. The minimum absolute atomic E-state index is 0.281. The molecule has 2 aromatic carbocycles. The number of sulfonamides is 1. The molecule has 5 rings (SSSR count). The maximum atomic E-state index is 13.2. The number of anilines is 3. The summed E-state index contributed by atoms with van der Waals surface area (Å²) in [6, 6.07) is 16.1. The molecule has 3 heterocycles. The van der Waals surface area contributed by atoms with Crippen LogP contribution in [-0.4, -0.2) is 33.3 Å². The molecule has 2 aliphatic heterocycles. The molecule has 0 saturated heterocycles. The van der Waals surface area contributed by atoms with E-state index >= 15 is 0 Å². The van der Waals surface area contributed by atoms with Crippen molar-refractivity contribution >= 4 is 50.2 Å². The molecule has 0 spiro atoms. The van der Waals surface area contributed by atoms with Crippen molar-refractivity contribution in [2.24, 2.45) is 0 Å². The molecule has 0 unspecified atom stereocenters. The third-order valence-corrected chi connectivity index (χ3v) is 9.19. The number of para-hydroxylation sites is 1. The molecule has 0 bridgehead atoms. The summed E-state index contributed by atoms with van der Waals surface area (Å²) >= 11 is 1.18. The Morgan fingerprint density at radius 3 is 2.42 bits per heavy atom. The van der Waals surface area contributed by atoms with E-state index in [1.807, 2.05) is 30.3 Å². The van der Waals surface area contributed by atoms with Crippen molar-refractivity contribution in [3.05, 3.63) is 71.1 Å². The Hall–Kier alpha value is -3.17. The highest BCUT2D eigenvalue weighted by Gasteiger charge is 2.31. The molecule has 2 amide bonds. The van der Waals surface area contributed by atoms with Gasteiger partial charge in [0.2, 0.25) is 0 Å². The van der Waals surface area contributed by atoms with Crippen molar-refractivity contribution in [1.29, 1.82) is 0 Å². The maximum absolute atomic E-state index is 13.2. The summed E-state index contributed by atoms with van der Waals surface area (Å²) in [6.07, 6.45) is 3.14. The molecule has 7 nitrogen and oxygen atoms in total. The lowest BCUT2D eigenvalue weighted by molar-refractivity contribution is -0.134. The van der Waals surface area contributed by atoms with Gasteiger partial charge in [-0.2, -0.15) is 0 Å². The lowest BCUT2D eigenvalue weighted by Gasteiger charge is -2.31. The minimum atomic E-state index is -3.68. The number of carbonyl (C=O) groups is 2. The number of nitrogens with one attached hydrogen (secondary N) is 1. The Morgan fingerprint density at radius 2 is 1.64 bits per heavy atom. The molecule has 0 radical (unpaired) electrons. The summed E-state index contributed by atoms with van der Waals surface area (Å²) in [4.78, 5) is 27.3. The zero-order chi connectivity index (χ0) is 23.0. The lowest BCUT2D eigenvalue weighted by atomic mass is 10.0. The van der Waals surface area contributed by atoms with Crippen LogP contribution in [-0.2, 0) is 32.5 Å². The van der Waals surface area contributed by atoms with Gasteiger partial charge in [0.15, 0.2) is 0 Å². The van der Waals surface area contributed by atoms with Gasteiger partial charge in [-0.05, 0) is 66.5 Å². The van der Waals surface area contributed by atoms with Crippen LogP contribution >= 0.6 is 11.3 Å². The van der Waals surface area contributed by atoms with E-state index in [9.17, 15) is 18.0 Å². The molecular weight excluding hydrogens is 458 g/mol. The average Bonchev–Trinajstić information content (AvgIpc) is 3.39. The van der Waals surface area contributed by atoms with Crippen molar-refractivity contribution in [3.8, 4) is 0 Å². The number of hydrogen-bond donors (Lipinski definition) is 1. The maximum Gasteiger partial charge on any atom is 0.316 e. The van der Waals surface area contributed by atoms with Crippen LogP contribution in [0.15, 0.2) is 64.2 Å². The summed E-state index contributed by atoms with van der Waals surface area (Å²) in [7, 11) is -3.68. The fourth-order valence-electron chi connectivity index (χ4n) is 4.44. The smallest absolute Gasteiger partial charge is 0.316 e. The van der Waals surface area contributed by atoms with Crippen LogP contribution in [0.2, 0.25) is 0 Å². The van der Waals surface area contributed by atoms with E-state index in [4.69, 9.17) is 0 Å². The first kappa shape index (κ1) is 21.7. The molecule has 0 aliphatic carbocycles. The molecule has 9 heteroatoms. The van der Waals surface area contributed by atoms with E-state index in [0.717, 1.165) is 42.5 Å². The van der Waals surface area contributed by atoms with Gasteiger partial charge in [0, 0.05) is 24.5 Å². The van der Waals surface area contributed by atoms with Crippen LogP contribution in [0.3, 0.4) is 0 Å². The van der Waals surface area contributed by atoms with Crippen LogP contribution in [0.4, 0.5) is 17.1 Å². The standard InChI is InChI=1S/C24H23N3O4S2/c28-23(24(29)26-13-3-7-17-6-1-2-9-20(17)26)25-19-12-11-18-8-4-14-27(21(18)16-19)33(30,31)22-10-5-15-32-22/h1-2,5-6,9-12,15-16H,3-4,7-8,13-14H2,(H,25,28). The molecule has 0 saturated carbocycles. The number of thiophene rings is 1. The summed E-state index contributed by atoms with van der Waals surface area (Å²) in [5.74, 6) is -1.36. The number of aryl methyl sites for hydroxylation is 2. The van der Waals surface area contributed by atoms with Crippen LogP contribution in [0.1, 0.15) is 24.0 Å². The number of rotatable bonds is 3. The Labute approximate surface area is 196 Å². The second kappa shape index (κ2) is 8.64. The van der Waals surface area contributed by atoms with Crippen molar-refractivity contribution in [3.63, 3.8) is 0 Å². The number of hydrogen-bond acceptors (Lipinski definition) is 5. The quantitative estimate of drug-likeness (QED) is 0.577. The predicted molar refractivity (Wildman–Crippen MR) is 129 cm³/mol. The molecule has 0 atom stereocenters. The van der Waals surface area contributed by atoms with E-state index in [2.05, 4.69) is 5.32 Å². The molecule has 2 aliphatic rings. The van der Waals surface area contributed by atoms with E-state index in [1.165, 1.54) is 20.5 Å². The fourth-order valence-corrected chi connectivity index (χ4v) is 7.08. The van der Waals surface area contributed by atoms with Crippen molar-refractivity contribution in [2.75, 3.05) is 27.6 Å². The minimum Gasteiger partial charge on any atom is -0.318 e. The first-order valence-electron chi connectivity index (χ1n) is 10.8. The van der Waals surface area contributed by atoms with Crippen LogP contribution in [0.5, 0.6) is 0 Å². The molecule has 3 aromatic rings. The number of amides is 2. The fraction of sp³-hybridized carbons (Fsp3) is 0.250. The second-order valence-corrected chi connectivity index (χ2v) is 11.1. The lowest BCUT2D eigenvalue weighted by Crippen LogP contribution is -2.42. The van der Waals surface area contributed by atoms with Gasteiger partial charge in [-0.3, -0.25) is 13.9 Å². The molecule has 0 fully saturated rings. The summed E-state index contributed by atoms with van der Waals surface area (Å²) in [6.45, 7) is 0.856. The van der Waals surface area contributed by atoms with Gasteiger partial charge >= 0.3 is 11.8 Å². The van der Waals surface area contributed by atoms with E-state index in [1.54, 1.807) is 29.6 Å². The monoisotopic (exact) mass is 481 g/mol. The van der Waals surface area contributed by atoms with E-state index in [0.29, 0.717) is 24.5 Å². The van der Waals surface area contributed by atoms with Gasteiger partial charge < -0.3 is 10.2 Å². The Morgan fingerprint density at radius 1 is 0.879 bits per heavy atom. The van der Waals surface area contributed by atoms with Gasteiger partial charge in [-0.1, -0.05) is 30.3 Å². The zero-order valence-corrected chi connectivity index (χ0v) is 19.5. The van der Waals surface area contributed by atoms with Crippen molar-refractivity contribution < 1.29 is 18.0 Å². The molecular formula is C24H23N3O4S2. The first-order chi connectivity index (χ1) is 15.9. The summed E-state index contributed by atoms with van der Waals surface area (Å²) < 4.78 is 28.0. The van der Waals surface area contributed by atoms with Gasteiger partial charge in [0.05, 0.1) is 5.69 Å². The normalized spacial score (nSPS) is 15.5. The summed E-state index contributed by atoms with van der Waals surface area (Å²) in [5.41, 5.74) is 3.65. The SMILES string of the molecule is O=C(Nc1ccc2c(c1)N(S(=O)(=O)c1cccs1)CCC2)C(=O)N1CCCc2ccccc21. The third kappa shape index (κ3) is 4.02. The highest BCUT2D eigenvalue weighted by molar-refractivity contribution is 7.94. The zero-order valence-electron chi connectivity index (χ0n) is 17.9. The van der Waals surface area contributed by atoms with Gasteiger partial charge in [-0.15, -0.1) is 11.3 Å². The molecule has 33 heavy (non-hydrogen) atoms. The Kier molecular flexibility index (Phi) is 5.67. The highest BCUT2D eigenvalue weighted by atomic mass is 32.2. The molecule has 170 valence electrons. The van der Waals surface area contributed by atoms with Crippen LogP contribution < -0.4 is 14.5 Å². The van der Waals surface area contributed by atoms with Crippen LogP contribution in [0.25, 0.3) is 0 Å². The van der Waals surface area contributed by atoms with Crippen LogP contribution in [0, 0.1) is 0 Å². The van der Waals surface area contributed by atoms with E-state index in [-0.39, 0.29) is 4.21 Å².